The number of piperidine rings is 1. The van der Waals surface area contributed by atoms with E-state index in [4.69, 9.17) is 0 Å². The van der Waals surface area contributed by atoms with Gasteiger partial charge >= 0.3 is 11.9 Å². The van der Waals surface area contributed by atoms with Crippen molar-refractivity contribution >= 4 is 11.9 Å². The standard InChI is InChI=1S/C9H15NO4/c1-13-8(11)6-4-3-5-10-7(6)9(12)14-2/h6-7,10H,3-5H2,1-2H3/t6-,7-/m1/s1. The second-order valence-corrected chi connectivity index (χ2v) is 3.23. The van der Waals surface area contributed by atoms with Crippen LogP contribution in [0.2, 0.25) is 0 Å². The van der Waals surface area contributed by atoms with E-state index >= 15 is 0 Å². The Bertz CT molecular complexity index is 205. The number of carbonyl (C=O) groups excluding carboxylic acids is 2. The maximum absolute atomic E-state index is 11.3. The molecule has 1 aliphatic heterocycles. The molecule has 1 aliphatic rings. The summed E-state index contributed by atoms with van der Waals surface area (Å²) in [6, 6.07) is -0.554. The predicted octanol–water partition coefficient (Wildman–Crippen LogP) is -0.299. The van der Waals surface area contributed by atoms with E-state index in [9.17, 15) is 9.59 Å². The van der Waals surface area contributed by atoms with Crippen LogP contribution in [0.3, 0.4) is 0 Å². The van der Waals surface area contributed by atoms with Gasteiger partial charge in [-0.1, -0.05) is 0 Å². The molecule has 80 valence electrons. The summed E-state index contributed by atoms with van der Waals surface area (Å²) in [6.45, 7) is 0.729. The van der Waals surface area contributed by atoms with Gasteiger partial charge in [0.15, 0.2) is 0 Å². The minimum absolute atomic E-state index is 0.354. The minimum Gasteiger partial charge on any atom is -0.469 e. The summed E-state index contributed by atoms with van der Waals surface area (Å²) in [6.07, 6.45) is 1.53. The van der Waals surface area contributed by atoms with Gasteiger partial charge in [-0.3, -0.25) is 9.59 Å². The van der Waals surface area contributed by atoms with Gasteiger partial charge in [-0.2, -0.15) is 0 Å². The molecule has 1 rings (SSSR count). The topological polar surface area (TPSA) is 64.6 Å². The number of carbonyl (C=O) groups is 2. The van der Waals surface area contributed by atoms with E-state index < -0.39 is 17.9 Å². The molecular weight excluding hydrogens is 186 g/mol. The van der Waals surface area contributed by atoms with Crippen molar-refractivity contribution in [1.82, 2.24) is 5.32 Å². The largest absolute Gasteiger partial charge is 0.469 e. The zero-order chi connectivity index (χ0) is 10.6. The number of esters is 2. The van der Waals surface area contributed by atoms with Crippen LogP contribution >= 0.6 is 0 Å². The van der Waals surface area contributed by atoms with E-state index in [1.807, 2.05) is 0 Å². The molecule has 0 radical (unpaired) electrons. The van der Waals surface area contributed by atoms with Crippen molar-refractivity contribution in [3.8, 4) is 0 Å². The van der Waals surface area contributed by atoms with Gasteiger partial charge in [0.2, 0.25) is 0 Å². The maximum atomic E-state index is 11.3. The number of methoxy groups -OCH3 is 2. The third-order valence-corrected chi connectivity index (χ3v) is 2.42. The number of rotatable bonds is 2. The highest BCUT2D eigenvalue weighted by atomic mass is 16.5. The number of hydrogen-bond donors (Lipinski definition) is 1. The SMILES string of the molecule is COC(=O)[C@@H]1CCCN[C@H]1C(=O)OC. The lowest BCUT2D eigenvalue weighted by atomic mass is 9.91. The summed E-state index contributed by atoms with van der Waals surface area (Å²) in [5.74, 6) is -1.17. The van der Waals surface area contributed by atoms with Gasteiger partial charge < -0.3 is 14.8 Å². The summed E-state index contributed by atoms with van der Waals surface area (Å²) in [7, 11) is 2.64. The first kappa shape index (κ1) is 11.0. The van der Waals surface area contributed by atoms with Gasteiger partial charge in [-0.25, -0.2) is 0 Å². The van der Waals surface area contributed by atoms with Gasteiger partial charge in [-0.05, 0) is 19.4 Å². The summed E-state index contributed by atoms with van der Waals surface area (Å²) in [5.41, 5.74) is 0. The fraction of sp³-hybridized carbons (Fsp3) is 0.778. The fourth-order valence-electron chi connectivity index (χ4n) is 1.67. The zero-order valence-electron chi connectivity index (χ0n) is 8.41. The van der Waals surface area contributed by atoms with Crippen LogP contribution < -0.4 is 5.32 Å². The van der Waals surface area contributed by atoms with Crippen LogP contribution in [0.15, 0.2) is 0 Å². The Hall–Kier alpha value is -1.10. The van der Waals surface area contributed by atoms with Crippen LogP contribution in [0, 0.1) is 5.92 Å². The molecule has 0 spiro atoms. The highest BCUT2D eigenvalue weighted by molar-refractivity contribution is 5.84. The lowest BCUT2D eigenvalue weighted by Gasteiger charge is -2.28. The molecule has 1 N–H and O–H groups in total. The second kappa shape index (κ2) is 4.95. The molecule has 0 unspecified atom stereocenters. The minimum atomic E-state index is -0.554. The van der Waals surface area contributed by atoms with Crippen molar-refractivity contribution in [3.05, 3.63) is 0 Å². The third-order valence-electron chi connectivity index (χ3n) is 2.42. The normalized spacial score (nSPS) is 26.7. The molecule has 0 aromatic heterocycles. The number of hydrogen-bond acceptors (Lipinski definition) is 5. The molecule has 0 aliphatic carbocycles. The van der Waals surface area contributed by atoms with Gasteiger partial charge in [0.25, 0.3) is 0 Å². The Morgan fingerprint density at radius 3 is 2.43 bits per heavy atom. The third kappa shape index (κ3) is 2.23. The first-order valence-corrected chi connectivity index (χ1v) is 4.59. The van der Waals surface area contributed by atoms with Crippen molar-refractivity contribution in [2.75, 3.05) is 20.8 Å². The second-order valence-electron chi connectivity index (χ2n) is 3.23. The van der Waals surface area contributed by atoms with Crippen LogP contribution in [-0.4, -0.2) is 38.7 Å². The van der Waals surface area contributed by atoms with Crippen molar-refractivity contribution < 1.29 is 19.1 Å². The Morgan fingerprint density at radius 1 is 1.21 bits per heavy atom. The van der Waals surface area contributed by atoms with Crippen LogP contribution in [-0.2, 0) is 19.1 Å². The Kier molecular flexibility index (Phi) is 3.88. The van der Waals surface area contributed by atoms with E-state index in [1.165, 1.54) is 14.2 Å². The Balaban J connectivity index is 2.68. The van der Waals surface area contributed by atoms with Crippen molar-refractivity contribution in [2.24, 2.45) is 5.92 Å². The van der Waals surface area contributed by atoms with Crippen molar-refractivity contribution in [3.63, 3.8) is 0 Å². The van der Waals surface area contributed by atoms with Gasteiger partial charge in [0.05, 0.1) is 20.1 Å². The Labute approximate surface area is 82.8 Å². The zero-order valence-corrected chi connectivity index (χ0v) is 8.41. The smallest absolute Gasteiger partial charge is 0.323 e. The van der Waals surface area contributed by atoms with E-state index in [0.717, 1.165) is 13.0 Å². The monoisotopic (exact) mass is 201 g/mol. The van der Waals surface area contributed by atoms with Gasteiger partial charge in [-0.15, -0.1) is 0 Å². The molecule has 0 amide bonds. The fourth-order valence-corrected chi connectivity index (χ4v) is 1.67. The van der Waals surface area contributed by atoms with Crippen LogP contribution in [0.4, 0.5) is 0 Å². The molecule has 0 bridgehead atoms. The average Bonchev–Trinajstić information content (AvgIpc) is 2.27. The summed E-state index contributed by atoms with van der Waals surface area (Å²) >= 11 is 0. The van der Waals surface area contributed by atoms with E-state index in [0.29, 0.717) is 6.42 Å². The molecular formula is C9H15NO4. The van der Waals surface area contributed by atoms with Crippen molar-refractivity contribution in [2.45, 2.75) is 18.9 Å². The lowest BCUT2D eigenvalue weighted by molar-refractivity contribution is -0.156. The van der Waals surface area contributed by atoms with Crippen LogP contribution in [0.1, 0.15) is 12.8 Å². The molecule has 0 aromatic rings. The number of nitrogens with one attached hydrogen (secondary N) is 1. The average molecular weight is 201 g/mol. The first-order chi connectivity index (χ1) is 6.70. The quantitative estimate of drug-likeness (QED) is 0.621. The molecule has 0 saturated carbocycles. The molecule has 0 aromatic carbocycles. The molecule has 1 fully saturated rings. The molecule has 5 heteroatoms. The molecule has 5 nitrogen and oxygen atoms in total. The highest BCUT2D eigenvalue weighted by Gasteiger charge is 2.36. The first-order valence-electron chi connectivity index (χ1n) is 4.59. The maximum Gasteiger partial charge on any atom is 0.323 e. The van der Waals surface area contributed by atoms with Gasteiger partial charge in [0.1, 0.15) is 6.04 Å². The molecule has 1 saturated heterocycles. The summed E-state index contributed by atoms with van der Waals surface area (Å²) < 4.78 is 9.23. The highest BCUT2D eigenvalue weighted by Crippen LogP contribution is 2.18. The lowest BCUT2D eigenvalue weighted by Crippen LogP contribution is -2.50. The Morgan fingerprint density at radius 2 is 1.86 bits per heavy atom. The van der Waals surface area contributed by atoms with Crippen LogP contribution in [0.25, 0.3) is 0 Å². The molecule has 1 heterocycles. The van der Waals surface area contributed by atoms with E-state index in [2.05, 4.69) is 14.8 Å². The molecule has 2 atom stereocenters. The summed E-state index contributed by atoms with van der Waals surface area (Å²) in [5, 5.41) is 2.96. The van der Waals surface area contributed by atoms with Gasteiger partial charge in [0, 0.05) is 0 Å². The summed E-state index contributed by atoms with van der Waals surface area (Å²) in [4.78, 5) is 22.6. The van der Waals surface area contributed by atoms with Crippen molar-refractivity contribution in [1.29, 1.82) is 0 Å². The van der Waals surface area contributed by atoms with E-state index in [1.54, 1.807) is 0 Å². The van der Waals surface area contributed by atoms with E-state index in [-0.39, 0.29) is 5.97 Å². The number of ether oxygens (including phenoxy) is 2. The molecule has 14 heavy (non-hydrogen) atoms. The predicted molar refractivity (Wildman–Crippen MR) is 48.5 cm³/mol. The van der Waals surface area contributed by atoms with Crippen LogP contribution in [0.5, 0.6) is 0 Å².